The first-order valence-corrected chi connectivity index (χ1v) is 7.50. The number of rotatable bonds is 0. The van der Waals surface area contributed by atoms with Crippen LogP contribution >= 0.6 is 0 Å². The molecule has 6 nitrogen and oxygen atoms in total. The summed E-state index contributed by atoms with van der Waals surface area (Å²) in [5.74, 6) is -1.26. The Morgan fingerprint density at radius 2 is 1.95 bits per heavy atom. The van der Waals surface area contributed by atoms with Gasteiger partial charge >= 0.3 is 11.9 Å². The Morgan fingerprint density at radius 3 is 2.68 bits per heavy atom. The van der Waals surface area contributed by atoms with E-state index >= 15 is 0 Å². The molecule has 0 unspecified atom stereocenters. The zero-order valence-electron chi connectivity index (χ0n) is 12.4. The maximum Gasteiger partial charge on any atom is 0.333 e. The molecule has 1 saturated carbocycles. The van der Waals surface area contributed by atoms with Crippen molar-refractivity contribution >= 4 is 11.9 Å². The molecule has 4 aliphatic rings. The van der Waals surface area contributed by atoms with Crippen molar-refractivity contribution in [2.75, 3.05) is 0 Å². The molecule has 0 radical (unpaired) electrons. The van der Waals surface area contributed by atoms with Gasteiger partial charge in [0.2, 0.25) is 6.29 Å². The van der Waals surface area contributed by atoms with Crippen molar-refractivity contribution in [3.8, 4) is 0 Å². The van der Waals surface area contributed by atoms with Crippen molar-refractivity contribution in [3.05, 3.63) is 23.3 Å². The normalized spacial score (nSPS) is 49.5. The molecule has 2 N–H and O–H groups in total. The van der Waals surface area contributed by atoms with Crippen LogP contribution in [0.5, 0.6) is 0 Å². The number of cyclic esters (lactones) is 1. The second kappa shape index (κ2) is 4.00. The van der Waals surface area contributed by atoms with E-state index in [1.807, 2.05) is 6.92 Å². The van der Waals surface area contributed by atoms with E-state index in [4.69, 9.17) is 9.47 Å². The third-order valence-corrected chi connectivity index (χ3v) is 6.00. The predicted molar refractivity (Wildman–Crippen MR) is 73.1 cm³/mol. The Hall–Kier alpha value is -1.66. The van der Waals surface area contributed by atoms with E-state index in [-0.39, 0.29) is 5.92 Å². The fourth-order valence-electron chi connectivity index (χ4n) is 4.86. The van der Waals surface area contributed by atoms with Gasteiger partial charge in [0, 0.05) is 23.0 Å². The number of ether oxygens (including phenoxy) is 2. The number of carbonyl (C=O) groups excluding carboxylic acids is 2. The molecular formula is C16H18O6. The van der Waals surface area contributed by atoms with Crippen molar-refractivity contribution in [2.45, 2.75) is 45.2 Å². The summed E-state index contributed by atoms with van der Waals surface area (Å²) in [4.78, 5) is 24.1. The topological polar surface area (TPSA) is 93.1 Å². The predicted octanol–water partition coefficient (Wildman–Crippen LogP) is 0.437. The van der Waals surface area contributed by atoms with Crippen LogP contribution in [0.25, 0.3) is 0 Å². The van der Waals surface area contributed by atoms with Gasteiger partial charge in [-0.25, -0.2) is 4.79 Å². The van der Waals surface area contributed by atoms with Crippen molar-refractivity contribution < 1.29 is 29.3 Å². The Balaban J connectivity index is 1.95. The van der Waals surface area contributed by atoms with Crippen LogP contribution in [0.1, 0.15) is 26.7 Å². The van der Waals surface area contributed by atoms with Gasteiger partial charge in [0.15, 0.2) is 0 Å². The minimum absolute atomic E-state index is 0.260. The highest BCUT2D eigenvalue weighted by Crippen LogP contribution is 2.64. The maximum atomic E-state index is 12.4. The smallest absolute Gasteiger partial charge is 0.333 e. The highest BCUT2D eigenvalue weighted by Gasteiger charge is 2.68. The van der Waals surface area contributed by atoms with Gasteiger partial charge in [-0.15, -0.1) is 0 Å². The molecule has 2 heterocycles. The van der Waals surface area contributed by atoms with Gasteiger partial charge in [-0.05, 0) is 31.4 Å². The van der Waals surface area contributed by atoms with Crippen LogP contribution in [0.3, 0.4) is 0 Å². The quantitative estimate of drug-likeness (QED) is 0.631. The second-order valence-corrected chi connectivity index (χ2v) is 7.07. The minimum atomic E-state index is -1.33. The van der Waals surface area contributed by atoms with Crippen LogP contribution in [0, 0.1) is 16.7 Å². The zero-order chi connectivity index (χ0) is 15.9. The number of aliphatic hydroxyl groups is 2. The molecule has 1 saturated heterocycles. The van der Waals surface area contributed by atoms with Crippen molar-refractivity contribution in [3.63, 3.8) is 0 Å². The lowest BCUT2D eigenvalue weighted by Gasteiger charge is -2.53. The number of aliphatic hydroxyl groups excluding tert-OH is 2. The van der Waals surface area contributed by atoms with Gasteiger partial charge in [0.05, 0.1) is 11.5 Å². The average Bonchev–Trinajstić information content (AvgIpc) is 2.71. The molecule has 4 rings (SSSR count). The van der Waals surface area contributed by atoms with E-state index < -0.39 is 41.3 Å². The summed E-state index contributed by atoms with van der Waals surface area (Å²) in [6.07, 6.45) is 1.51. The fraction of sp³-hybridized carbons (Fsp3) is 0.625. The van der Waals surface area contributed by atoms with Crippen LogP contribution in [0.15, 0.2) is 23.3 Å². The Morgan fingerprint density at radius 1 is 1.23 bits per heavy atom. The first-order valence-electron chi connectivity index (χ1n) is 7.50. The summed E-state index contributed by atoms with van der Waals surface area (Å²) in [7, 11) is 0. The fourth-order valence-corrected chi connectivity index (χ4v) is 4.86. The first-order chi connectivity index (χ1) is 10.3. The molecule has 6 atom stereocenters. The summed E-state index contributed by atoms with van der Waals surface area (Å²) in [5.41, 5.74) is -0.312. The lowest BCUT2D eigenvalue weighted by Crippen LogP contribution is -2.56. The number of esters is 2. The van der Waals surface area contributed by atoms with E-state index in [1.165, 1.54) is 6.08 Å². The number of hydrogen-bond donors (Lipinski definition) is 2. The number of fused-ring (bicyclic) bond motifs is 2. The van der Waals surface area contributed by atoms with Crippen molar-refractivity contribution in [1.82, 2.24) is 0 Å². The molecule has 2 aliphatic heterocycles. The largest absolute Gasteiger partial charge is 0.457 e. The summed E-state index contributed by atoms with van der Waals surface area (Å²) < 4.78 is 10.3. The Labute approximate surface area is 127 Å². The average molecular weight is 306 g/mol. The van der Waals surface area contributed by atoms with Gasteiger partial charge in [-0.2, -0.15) is 0 Å². The number of hydrogen-bond acceptors (Lipinski definition) is 6. The maximum absolute atomic E-state index is 12.4. The van der Waals surface area contributed by atoms with E-state index in [0.29, 0.717) is 24.0 Å². The molecule has 0 aromatic heterocycles. The van der Waals surface area contributed by atoms with E-state index in [1.54, 1.807) is 13.0 Å². The molecule has 6 heteroatoms. The van der Waals surface area contributed by atoms with Gasteiger partial charge in [-0.3, -0.25) is 4.79 Å². The zero-order valence-corrected chi connectivity index (χ0v) is 12.4. The second-order valence-electron chi connectivity index (χ2n) is 7.07. The third kappa shape index (κ3) is 1.42. The standard InChI is InChI=1S/C16H18O6/c1-15-4-3-10(17)16(2)12(15)9(21-14(16)20)5-7-8(15)6-11(18)22-13(7)19/h5-6,9-10,12-13,17,19H,3-4H2,1-2H3/t9-,10-,12-,13+,15-,16+/m1/s1. The van der Waals surface area contributed by atoms with Crippen molar-refractivity contribution in [1.29, 1.82) is 0 Å². The molecule has 0 aromatic carbocycles. The molecule has 118 valence electrons. The Kier molecular flexibility index (Phi) is 2.54. The summed E-state index contributed by atoms with van der Waals surface area (Å²) in [6.45, 7) is 3.71. The SMILES string of the molecule is C[C@]12C(=O)O[C@@H]3C=C4C(=CC(=O)O[C@@H]4O)[C@@](C)(CC[C@H]1O)[C@@H]32. The van der Waals surface area contributed by atoms with Gasteiger partial charge < -0.3 is 19.7 Å². The minimum Gasteiger partial charge on any atom is -0.457 e. The van der Waals surface area contributed by atoms with Gasteiger partial charge in [-0.1, -0.05) is 6.92 Å². The lowest BCUT2D eigenvalue weighted by molar-refractivity contribution is -0.159. The van der Waals surface area contributed by atoms with Crippen LogP contribution in [-0.2, 0) is 19.1 Å². The Bertz CT molecular complexity index is 649. The van der Waals surface area contributed by atoms with Gasteiger partial charge in [0.25, 0.3) is 0 Å². The molecule has 0 amide bonds. The summed E-state index contributed by atoms with van der Waals surface area (Å²) >= 11 is 0. The molecular weight excluding hydrogens is 288 g/mol. The molecule has 22 heavy (non-hydrogen) atoms. The molecule has 2 fully saturated rings. The summed E-state index contributed by atoms with van der Waals surface area (Å²) in [6, 6.07) is 0. The molecule has 0 bridgehead atoms. The first kappa shape index (κ1) is 14.0. The van der Waals surface area contributed by atoms with Crippen LogP contribution in [0.4, 0.5) is 0 Å². The van der Waals surface area contributed by atoms with Crippen molar-refractivity contribution in [2.24, 2.45) is 16.7 Å². The highest BCUT2D eigenvalue weighted by molar-refractivity contribution is 5.87. The van der Waals surface area contributed by atoms with E-state index in [2.05, 4.69) is 0 Å². The molecule has 0 aromatic rings. The lowest BCUT2D eigenvalue weighted by atomic mass is 9.49. The highest BCUT2D eigenvalue weighted by atomic mass is 16.6. The van der Waals surface area contributed by atoms with Crippen LogP contribution < -0.4 is 0 Å². The van der Waals surface area contributed by atoms with Crippen LogP contribution in [-0.4, -0.2) is 40.6 Å². The third-order valence-electron chi connectivity index (χ3n) is 6.00. The summed E-state index contributed by atoms with van der Waals surface area (Å²) in [5, 5.41) is 20.4. The van der Waals surface area contributed by atoms with E-state index in [0.717, 1.165) is 0 Å². The monoisotopic (exact) mass is 306 g/mol. The number of carbonyl (C=O) groups is 2. The molecule has 0 spiro atoms. The molecule has 2 aliphatic carbocycles. The van der Waals surface area contributed by atoms with E-state index in [9.17, 15) is 19.8 Å². The van der Waals surface area contributed by atoms with Crippen LogP contribution in [0.2, 0.25) is 0 Å². The van der Waals surface area contributed by atoms with Gasteiger partial charge in [0.1, 0.15) is 6.10 Å².